The minimum absolute atomic E-state index is 0.117. The fourth-order valence-corrected chi connectivity index (χ4v) is 2.95. The third-order valence-corrected chi connectivity index (χ3v) is 3.99. The van der Waals surface area contributed by atoms with Crippen molar-refractivity contribution in [3.63, 3.8) is 0 Å². The van der Waals surface area contributed by atoms with Crippen LogP contribution in [0, 0.1) is 0 Å². The van der Waals surface area contributed by atoms with Crippen molar-refractivity contribution in [3.05, 3.63) is 63.4 Å². The number of nitrogens with zero attached hydrogens (tertiary/aromatic N) is 1. The van der Waals surface area contributed by atoms with Crippen LogP contribution in [-0.4, -0.2) is 10.8 Å². The van der Waals surface area contributed by atoms with Crippen LogP contribution in [0.3, 0.4) is 0 Å². The van der Waals surface area contributed by atoms with E-state index >= 15 is 0 Å². The van der Waals surface area contributed by atoms with E-state index in [-0.39, 0.29) is 5.78 Å². The number of carbonyl (C=O) groups is 1. The first-order chi connectivity index (χ1) is 9.22. The van der Waals surface area contributed by atoms with Gasteiger partial charge in [0.2, 0.25) is 0 Å². The van der Waals surface area contributed by atoms with Crippen molar-refractivity contribution >= 4 is 21.7 Å². The van der Waals surface area contributed by atoms with Crippen molar-refractivity contribution in [2.24, 2.45) is 0 Å². The van der Waals surface area contributed by atoms with E-state index in [2.05, 4.69) is 39.1 Å². The number of hydrogen-bond donors (Lipinski definition) is 0. The predicted molar refractivity (Wildman–Crippen MR) is 78.4 cm³/mol. The highest BCUT2D eigenvalue weighted by Crippen LogP contribution is 2.23. The summed E-state index contributed by atoms with van der Waals surface area (Å²) in [6, 6.07) is 8.26. The number of carbonyl (C=O) groups excluding carboxylic acids is 1. The maximum atomic E-state index is 12.2. The Morgan fingerprint density at radius 3 is 2.84 bits per heavy atom. The van der Waals surface area contributed by atoms with Crippen LogP contribution in [-0.2, 0) is 19.3 Å². The van der Waals surface area contributed by atoms with E-state index in [9.17, 15) is 4.79 Å². The van der Waals surface area contributed by atoms with E-state index in [1.807, 2.05) is 6.07 Å². The van der Waals surface area contributed by atoms with Crippen LogP contribution < -0.4 is 0 Å². The van der Waals surface area contributed by atoms with Crippen molar-refractivity contribution in [2.75, 3.05) is 0 Å². The number of hydrogen-bond acceptors (Lipinski definition) is 2. The Balaban J connectivity index is 1.80. The van der Waals surface area contributed by atoms with Gasteiger partial charge >= 0.3 is 0 Å². The van der Waals surface area contributed by atoms with Gasteiger partial charge < -0.3 is 0 Å². The molecule has 96 valence electrons. The van der Waals surface area contributed by atoms with Crippen molar-refractivity contribution in [3.8, 4) is 0 Å². The van der Waals surface area contributed by atoms with Crippen LogP contribution in [0.4, 0.5) is 0 Å². The average molecular weight is 316 g/mol. The number of ketones is 1. The summed E-state index contributed by atoms with van der Waals surface area (Å²) in [4.78, 5) is 16.2. The zero-order chi connectivity index (χ0) is 13.2. The summed E-state index contributed by atoms with van der Waals surface area (Å²) in [6.45, 7) is 0. The molecule has 1 aliphatic carbocycles. The first-order valence-corrected chi connectivity index (χ1v) is 7.26. The highest BCUT2D eigenvalue weighted by atomic mass is 79.9. The molecule has 0 amide bonds. The van der Waals surface area contributed by atoms with E-state index in [0.29, 0.717) is 12.0 Å². The van der Waals surface area contributed by atoms with Crippen LogP contribution in [0.5, 0.6) is 0 Å². The van der Waals surface area contributed by atoms with Crippen molar-refractivity contribution in [2.45, 2.75) is 25.7 Å². The zero-order valence-corrected chi connectivity index (χ0v) is 12.1. The van der Waals surface area contributed by atoms with Gasteiger partial charge in [-0.15, -0.1) is 0 Å². The Morgan fingerprint density at radius 1 is 1.16 bits per heavy atom. The summed E-state index contributed by atoms with van der Waals surface area (Å²) in [5.74, 6) is 0.117. The molecule has 3 heteroatoms. The standard InChI is InChI=1S/C16H14BrNO/c17-15-8-14(9-18-10-15)16(19)7-11-4-5-12-2-1-3-13(12)6-11/h4-6,8-10H,1-3,7H2. The summed E-state index contributed by atoms with van der Waals surface area (Å²) in [6.07, 6.45) is 7.33. The zero-order valence-electron chi connectivity index (χ0n) is 10.5. The Hall–Kier alpha value is -1.48. The molecule has 0 N–H and O–H groups in total. The smallest absolute Gasteiger partial charge is 0.168 e. The average Bonchev–Trinajstić information content (AvgIpc) is 2.86. The summed E-state index contributed by atoms with van der Waals surface area (Å²) in [5, 5.41) is 0. The van der Waals surface area contributed by atoms with Crippen LogP contribution in [0.25, 0.3) is 0 Å². The summed E-state index contributed by atoms with van der Waals surface area (Å²) in [7, 11) is 0. The molecule has 2 nitrogen and oxygen atoms in total. The maximum absolute atomic E-state index is 12.2. The monoisotopic (exact) mass is 315 g/mol. The van der Waals surface area contributed by atoms with Gasteiger partial charge in [0.25, 0.3) is 0 Å². The molecule has 0 saturated heterocycles. The summed E-state index contributed by atoms with van der Waals surface area (Å²) in [5.41, 5.74) is 4.62. The van der Waals surface area contributed by atoms with Gasteiger partial charge in [-0.05, 0) is 57.9 Å². The molecule has 3 rings (SSSR count). The molecule has 2 aromatic rings. The van der Waals surface area contributed by atoms with Gasteiger partial charge in [0.15, 0.2) is 5.78 Å². The second kappa shape index (κ2) is 5.25. The summed E-state index contributed by atoms with van der Waals surface area (Å²) < 4.78 is 0.840. The lowest BCUT2D eigenvalue weighted by molar-refractivity contribution is 0.0992. The number of pyridine rings is 1. The van der Waals surface area contributed by atoms with Crippen LogP contribution in [0.15, 0.2) is 41.1 Å². The molecule has 0 atom stereocenters. The van der Waals surface area contributed by atoms with Gasteiger partial charge in [0.05, 0.1) is 0 Å². The SMILES string of the molecule is O=C(Cc1ccc2c(c1)CCC2)c1cncc(Br)c1. The Kier molecular flexibility index (Phi) is 3.47. The lowest BCUT2D eigenvalue weighted by Gasteiger charge is -2.05. The molecule has 0 spiro atoms. The fourth-order valence-electron chi connectivity index (χ4n) is 2.59. The van der Waals surface area contributed by atoms with Crippen molar-refractivity contribution in [1.29, 1.82) is 0 Å². The molecule has 1 aromatic heterocycles. The van der Waals surface area contributed by atoms with Crippen molar-refractivity contribution < 1.29 is 4.79 Å². The predicted octanol–water partition coefficient (Wildman–Crippen LogP) is 3.76. The fraction of sp³-hybridized carbons (Fsp3) is 0.250. The van der Waals surface area contributed by atoms with E-state index in [4.69, 9.17) is 0 Å². The third-order valence-electron chi connectivity index (χ3n) is 3.55. The number of rotatable bonds is 3. The molecule has 1 aromatic carbocycles. The number of aromatic nitrogens is 1. The molecule has 0 saturated carbocycles. The molecule has 0 bridgehead atoms. The number of fused-ring (bicyclic) bond motifs is 1. The second-order valence-electron chi connectivity index (χ2n) is 4.95. The van der Waals surface area contributed by atoms with E-state index in [1.165, 1.54) is 24.0 Å². The topological polar surface area (TPSA) is 30.0 Å². The van der Waals surface area contributed by atoms with Crippen LogP contribution in [0.1, 0.15) is 33.5 Å². The normalized spacial score (nSPS) is 13.3. The van der Waals surface area contributed by atoms with Crippen LogP contribution >= 0.6 is 15.9 Å². The minimum Gasteiger partial charge on any atom is -0.294 e. The van der Waals surface area contributed by atoms with Gasteiger partial charge in [-0.2, -0.15) is 0 Å². The van der Waals surface area contributed by atoms with Gasteiger partial charge in [-0.25, -0.2) is 0 Å². The molecular weight excluding hydrogens is 302 g/mol. The first kappa shape index (κ1) is 12.5. The van der Waals surface area contributed by atoms with Gasteiger partial charge in [0.1, 0.15) is 0 Å². The molecule has 0 aliphatic heterocycles. The summed E-state index contributed by atoms with van der Waals surface area (Å²) >= 11 is 3.34. The van der Waals surface area contributed by atoms with E-state index in [1.54, 1.807) is 12.4 Å². The molecular formula is C16H14BrNO. The van der Waals surface area contributed by atoms with E-state index in [0.717, 1.165) is 16.5 Å². The van der Waals surface area contributed by atoms with Gasteiger partial charge in [-0.3, -0.25) is 9.78 Å². The van der Waals surface area contributed by atoms with Gasteiger partial charge in [0, 0.05) is 28.9 Å². The largest absolute Gasteiger partial charge is 0.294 e. The second-order valence-corrected chi connectivity index (χ2v) is 5.86. The molecule has 0 radical (unpaired) electrons. The Bertz CT molecular complexity index is 636. The minimum atomic E-state index is 0.117. The molecule has 1 heterocycles. The van der Waals surface area contributed by atoms with Gasteiger partial charge in [-0.1, -0.05) is 18.2 Å². The number of Topliss-reactive ketones (excluding diaryl/α,β-unsaturated/α-hetero) is 1. The molecule has 1 aliphatic rings. The Labute approximate surface area is 121 Å². The first-order valence-electron chi connectivity index (χ1n) is 6.47. The number of aryl methyl sites for hydroxylation is 2. The maximum Gasteiger partial charge on any atom is 0.168 e. The highest BCUT2D eigenvalue weighted by molar-refractivity contribution is 9.10. The Morgan fingerprint density at radius 2 is 2.00 bits per heavy atom. The van der Waals surface area contributed by atoms with Crippen LogP contribution in [0.2, 0.25) is 0 Å². The lowest BCUT2D eigenvalue weighted by Crippen LogP contribution is -2.04. The quantitative estimate of drug-likeness (QED) is 0.807. The molecule has 0 fully saturated rings. The lowest BCUT2D eigenvalue weighted by atomic mass is 10.0. The molecule has 19 heavy (non-hydrogen) atoms. The third kappa shape index (κ3) is 2.76. The molecule has 0 unspecified atom stereocenters. The highest BCUT2D eigenvalue weighted by Gasteiger charge is 2.13. The van der Waals surface area contributed by atoms with Crippen molar-refractivity contribution in [1.82, 2.24) is 4.98 Å². The number of halogens is 1. The number of benzene rings is 1. The van der Waals surface area contributed by atoms with E-state index < -0.39 is 0 Å².